The fraction of sp³-hybridized carbons (Fsp3) is 0.667. The zero-order valence-electron chi connectivity index (χ0n) is 13.0. The monoisotopic (exact) mass is 273 g/mol. The molecule has 0 radical (unpaired) electrons. The van der Waals surface area contributed by atoms with Gasteiger partial charge in [-0.2, -0.15) is 0 Å². The van der Waals surface area contributed by atoms with Crippen LogP contribution in [0.5, 0.6) is 5.75 Å². The summed E-state index contributed by atoms with van der Waals surface area (Å²) in [5.41, 5.74) is 1.88. The lowest BCUT2D eigenvalue weighted by Crippen LogP contribution is -2.42. The maximum absolute atomic E-state index is 5.85. The van der Waals surface area contributed by atoms with Crippen molar-refractivity contribution in [2.24, 2.45) is 11.3 Å². The number of nitrogens with one attached hydrogen (secondary N) is 1. The van der Waals surface area contributed by atoms with Crippen LogP contribution in [0.1, 0.15) is 58.1 Å². The SMILES string of the molecule is CC1COc2ccccc2C1NC1CCC(C)(C)CC1. The Hall–Kier alpha value is -1.02. The first-order chi connectivity index (χ1) is 9.55. The van der Waals surface area contributed by atoms with Crippen LogP contribution >= 0.6 is 0 Å². The normalized spacial score (nSPS) is 29.6. The van der Waals surface area contributed by atoms with Crippen molar-refractivity contribution in [3.8, 4) is 5.75 Å². The smallest absolute Gasteiger partial charge is 0.124 e. The third-order valence-corrected chi connectivity index (χ3v) is 5.08. The van der Waals surface area contributed by atoms with Crippen molar-refractivity contribution in [3.63, 3.8) is 0 Å². The Morgan fingerprint density at radius 1 is 1.15 bits per heavy atom. The third kappa shape index (κ3) is 2.85. The van der Waals surface area contributed by atoms with Crippen molar-refractivity contribution in [3.05, 3.63) is 29.8 Å². The van der Waals surface area contributed by atoms with E-state index < -0.39 is 0 Å². The highest BCUT2D eigenvalue weighted by atomic mass is 16.5. The van der Waals surface area contributed by atoms with Gasteiger partial charge >= 0.3 is 0 Å². The fourth-order valence-electron chi connectivity index (χ4n) is 3.57. The lowest BCUT2D eigenvalue weighted by Gasteiger charge is -2.39. The third-order valence-electron chi connectivity index (χ3n) is 5.08. The molecule has 2 atom stereocenters. The van der Waals surface area contributed by atoms with Gasteiger partial charge in [0.1, 0.15) is 5.75 Å². The van der Waals surface area contributed by atoms with E-state index in [2.05, 4.69) is 50.4 Å². The van der Waals surface area contributed by atoms with Crippen molar-refractivity contribution in [2.45, 2.75) is 58.5 Å². The molecule has 2 aliphatic rings. The Kier molecular flexibility index (Phi) is 3.76. The summed E-state index contributed by atoms with van der Waals surface area (Å²) in [6.45, 7) is 7.92. The van der Waals surface area contributed by atoms with Crippen molar-refractivity contribution >= 4 is 0 Å². The molecule has 0 spiro atoms. The highest BCUT2D eigenvalue weighted by Gasteiger charge is 2.32. The van der Waals surface area contributed by atoms with Crippen LogP contribution in [-0.4, -0.2) is 12.6 Å². The zero-order chi connectivity index (χ0) is 14.2. The van der Waals surface area contributed by atoms with Crippen LogP contribution in [0.2, 0.25) is 0 Å². The largest absolute Gasteiger partial charge is 0.493 e. The van der Waals surface area contributed by atoms with Gasteiger partial charge in [0, 0.05) is 23.6 Å². The van der Waals surface area contributed by atoms with E-state index in [1.165, 1.54) is 31.2 Å². The number of para-hydroxylation sites is 1. The number of rotatable bonds is 2. The molecule has 1 fully saturated rings. The van der Waals surface area contributed by atoms with Crippen molar-refractivity contribution in [2.75, 3.05) is 6.61 Å². The Bertz CT molecular complexity index is 458. The summed E-state index contributed by atoms with van der Waals surface area (Å²) in [4.78, 5) is 0. The second kappa shape index (κ2) is 5.40. The second-order valence-electron chi connectivity index (χ2n) is 7.41. The first-order valence-corrected chi connectivity index (χ1v) is 8.03. The van der Waals surface area contributed by atoms with Crippen molar-refractivity contribution < 1.29 is 4.74 Å². The molecule has 1 saturated carbocycles. The molecule has 110 valence electrons. The lowest BCUT2D eigenvalue weighted by atomic mass is 9.75. The molecule has 1 heterocycles. The van der Waals surface area contributed by atoms with Gasteiger partial charge in [0.05, 0.1) is 6.61 Å². The summed E-state index contributed by atoms with van der Waals surface area (Å²) in [6.07, 6.45) is 5.28. The molecule has 0 bridgehead atoms. The first kappa shape index (κ1) is 13.9. The van der Waals surface area contributed by atoms with Gasteiger partial charge in [-0.1, -0.05) is 39.0 Å². The molecule has 20 heavy (non-hydrogen) atoms. The average Bonchev–Trinajstić information content (AvgIpc) is 2.44. The molecule has 1 aliphatic heterocycles. The Morgan fingerprint density at radius 2 is 1.85 bits per heavy atom. The van der Waals surface area contributed by atoms with Crippen LogP contribution in [0.15, 0.2) is 24.3 Å². The van der Waals surface area contributed by atoms with Crippen LogP contribution in [-0.2, 0) is 0 Å². The van der Waals surface area contributed by atoms with E-state index in [0.717, 1.165) is 12.4 Å². The summed E-state index contributed by atoms with van der Waals surface area (Å²) in [5, 5.41) is 3.92. The van der Waals surface area contributed by atoms with Crippen LogP contribution in [0, 0.1) is 11.3 Å². The highest BCUT2D eigenvalue weighted by molar-refractivity contribution is 5.38. The second-order valence-corrected chi connectivity index (χ2v) is 7.41. The minimum Gasteiger partial charge on any atom is -0.493 e. The molecular weight excluding hydrogens is 246 g/mol. The van der Waals surface area contributed by atoms with Gasteiger partial charge in [-0.25, -0.2) is 0 Å². The van der Waals surface area contributed by atoms with Crippen LogP contribution in [0.25, 0.3) is 0 Å². The van der Waals surface area contributed by atoms with Gasteiger partial charge in [0.15, 0.2) is 0 Å². The molecule has 0 saturated heterocycles. The minimum atomic E-state index is 0.450. The van der Waals surface area contributed by atoms with Gasteiger partial charge in [0.25, 0.3) is 0 Å². The predicted octanol–water partition coefficient (Wildman–Crippen LogP) is 4.31. The Morgan fingerprint density at radius 3 is 2.60 bits per heavy atom. The number of ether oxygens (including phenoxy) is 1. The highest BCUT2D eigenvalue weighted by Crippen LogP contribution is 2.39. The van der Waals surface area contributed by atoms with Crippen LogP contribution in [0.4, 0.5) is 0 Å². The molecule has 2 nitrogen and oxygen atoms in total. The van der Waals surface area contributed by atoms with Crippen molar-refractivity contribution in [1.82, 2.24) is 5.32 Å². The zero-order valence-corrected chi connectivity index (χ0v) is 13.0. The molecule has 0 aromatic heterocycles. The molecule has 1 N–H and O–H groups in total. The molecule has 3 rings (SSSR count). The topological polar surface area (TPSA) is 21.3 Å². The fourth-order valence-corrected chi connectivity index (χ4v) is 3.57. The van der Waals surface area contributed by atoms with Crippen molar-refractivity contribution in [1.29, 1.82) is 0 Å². The number of fused-ring (bicyclic) bond motifs is 1. The van der Waals surface area contributed by atoms with E-state index in [0.29, 0.717) is 23.4 Å². The molecule has 1 aromatic rings. The van der Waals surface area contributed by atoms with Gasteiger partial charge < -0.3 is 10.1 Å². The molecule has 1 aromatic carbocycles. The van der Waals surface area contributed by atoms with E-state index in [9.17, 15) is 0 Å². The summed E-state index contributed by atoms with van der Waals surface area (Å²) in [6, 6.07) is 9.62. The summed E-state index contributed by atoms with van der Waals surface area (Å²) in [7, 11) is 0. The lowest BCUT2D eigenvalue weighted by molar-refractivity contribution is 0.151. The summed E-state index contributed by atoms with van der Waals surface area (Å²) >= 11 is 0. The molecule has 0 amide bonds. The number of hydrogen-bond acceptors (Lipinski definition) is 2. The molecular formula is C18H27NO. The van der Waals surface area contributed by atoms with E-state index in [4.69, 9.17) is 4.74 Å². The summed E-state index contributed by atoms with van der Waals surface area (Å²) in [5.74, 6) is 1.61. The Balaban J connectivity index is 1.71. The number of hydrogen-bond donors (Lipinski definition) is 1. The standard InChI is InChI=1S/C18H27NO/c1-13-12-20-16-7-5-4-6-15(16)17(13)19-14-8-10-18(2,3)11-9-14/h4-7,13-14,17,19H,8-12H2,1-3H3. The van der Waals surface area contributed by atoms with Gasteiger partial charge in [-0.15, -0.1) is 0 Å². The quantitative estimate of drug-likeness (QED) is 0.866. The van der Waals surface area contributed by atoms with E-state index in [-0.39, 0.29) is 0 Å². The minimum absolute atomic E-state index is 0.450. The average molecular weight is 273 g/mol. The maximum atomic E-state index is 5.85. The molecule has 1 aliphatic carbocycles. The van der Waals surface area contributed by atoms with E-state index in [1.807, 2.05) is 0 Å². The molecule has 2 heteroatoms. The Labute approximate surface area is 122 Å². The van der Waals surface area contributed by atoms with E-state index >= 15 is 0 Å². The number of benzene rings is 1. The van der Waals surface area contributed by atoms with Gasteiger partial charge in [-0.05, 0) is 37.2 Å². The predicted molar refractivity (Wildman–Crippen MR) is 83.0 cm³/mol. The van der Waals surface area contributed by atoms with Gasteiger partial charge in [-0.3, -0.25) is 0 Å². The van der Waals surface area contributed by atoms with Gasteiger partial charge in [0.2, 0.25) is 0 Å². The summed E-state index contributed by atoms with van der Waals surface area (Å²) < 4.78 is 5.85. The van der Waals surface area contributed by atoms with Crippen LogP contribution in [0.3, 0.4) is 0 Å². The van der Waals surface area contributed by atoms with E-state index in [1.54, 1.807) is 0 Å². The molecule has 2 unspecified atom stereocenters. The maximum Gasteiger partial charge on any atom is 0.124 e. The van der Waals surface area contributed by atoms with Crippen LogP contribution < -0.4 is 10.1 Å². The first-order valence-electron chi connectivity index (χ1n) is 8.03.